The molecule has 0 spiro atoms. The molecular formula is C30H38N6O. The van der Waals surface area contributed by atoms with Crippen molar-refractivity contribution in [3.05, 3.63) is 78.4 Å². The van der Waals surface area contributed by atoms with Gasteiger partial charge in [0, 0.05) is 37.0 Å². The van der Waals surface area contributed by atoms with Crippen molar-refractivity contribution in [2.75, 3.05) is 39.5 Å². The van der Waals surface area contributed by atoms with Gasteiger partial charge in [0.2, 0.25) is 0 Å². The number of imidazole rings is 1. The lowest BCUT2D eigenvalue weighted by molar-refractivity contribution is 0.302. The minimum absolute atomic E-state index is 0.415. The fourth-order valence-electron chi connectivity index (χ4n) is 5.28. The van der Waals surface area contributed by atoms with E-state index in [0.717, 1.165) is 72.3 Å². The molecule has 0 radical (unpaired) electrons. The van der Waals surface area contributed by atoms with Gasteiger partial charge in [-0.15, -0.1) is 0 Å². The number of nitrogens with two attached hydrogens (primary N) is 1. The second-order valence-electron chi connectivity index (χ2n) is 10.4. The fraction of sp³-hybridized carbons (Fsp3) is 0.400. The van der Waals surface area contributed by atoms with Crippen molar-refractivity contribution in [2.45, 2.75) is 38.2 Å². The molecule has 0 amide bonds. The van der Waals surface area contributed by atoms with Crippen molar-refractivity contribution in [3.63, 3.8) is 0 Å². The van der Waals surface area contributed by atoms with Gasteiger partial charge in [0.15, 0.2) is 0 Å². The molecule has 1 aliphatic carbocycles. The average Bonchev–Trinajstić information content (AvgIpc) is 3.32. The van der Waals surface area contributed by atoms with Crippen LogP contribution in [0.15, 0.2) is 67.0 Å². The second kappa shape index (κ2) is 11.8. The topological polar surface area (TPSA) is 80.7 Å². The van der Waals surface area contributed by atoms with E-state index < -0.39 is 0 Å². The Balaban J connectivity index is 1.33. The molecule has 0 bridgehead atoms. The first-order valence-electron chi connectivity index (χ1n) is 13.3. The van der Waals surface area contributed by atoms with Crippen LogP contribution in [-0.2, 0) is 6.61 Å². The summed E-state index contributed by atoms with van der Waals surface area (Å²) in [6.45, 7) is 3.74. The number of nitrogen functional groups attached to an aromatic ring is 1. The number of hydrogen-bond donors (Lipinski definition) is 2. The predicted octanol–water partition coefficient (Wildman–Crippen LogP) is 4.98. The molecule has 3 N–H and O–H groups in total. The first kappa shape index (κ1) is 25.2. The highest BCUT2D eigenvalue weighted by molar-refractivity contribution is 5.85. The summed E-state index contributed by atoms with van der Waals surface area (Å²) in [6.07, 6.45) is 8.49. The van der Waals surface area contributed by atoms with Gasteiger partial charge in [-0.25, -0.2) is 9.97 Å². The number of ether oxygens (including phenoxy) is 1. The predicted molar refractivity (Wildman–Crippen MR) is 150 cm³/mol. The van der Waals surface area contributed by atoms with E-state index in [-0.39, 0.29) is 0 Å². The number of anilines is 1. The van der Waals surface area contributed by atoms with Gasteiger partial charge in [-0.1, -0.05) is 42.5 Å². The van der Waals surface area contributed by atoms with Crippen molar-refractivity contribution in [3.8, 4) is 17.0 Å². The molecule has 7 heteroatoms. The highest BCUT2D eigenvalue weighted by Crippen LogP contribution is 2.38. The number of likely N-dealkylation sites (N-methyl/N-ethyl adjacent to an activating group) is 1. The number of hydrogen-bond acceptors (Lipinski definition) is 6. The lowest BCUT2D eigenvalue weighted by atomic mass is 9.81. The summed E-state index contributed by atoms with van der Waals surface area (Å²) in [5.74, 6) is 3.56. The zero-order valence-corrected chi connectivity index (χ0v) is 21.9. The number of rotatable bonds is 10. The molecule has 7 nitrogen and oxygen atoms in total. The summed E-state index contributed by atoms with van der Waals surface area (Å²) in [5.41, 5.74) is 10.3. The zero-order valence-electron chi connectivity index (χ0n) is 21.9. The number of nitrogens with one attached hydrogen (secondary N) is 1. The molecule has 0 aliphatic heterocycles. The van der Waals surface area contributed by atoms with E-state index in [1.807, 2.05) is 36.5 Å². The molecule has 194 valence electrons. The van der Waals surface area contributed by atoms with Crippen LogP contribution < -0.4 is 15.8 Å². The standard InChI is InChI=1S/C30H38N6O/c1-35(2)17-15-32-20-22-11-13-24(14-12-22)30-34-27(28-29(31)33-16-18-36(28)30)25-9-6-10-26(19-25)37-21-23-7-4-3-5-8-23/h3-10,16,18-19,22,24,32H,11-15,17,20-21H2,1-2H3,(H2,31,33). The third-order valence-corrected chi connectivity index (χ3v) is 7.35. The highest BCUT2D eigenvalue weighted by atomic mass is 16.5. The lowest BCUT2D eigenvalue weighted by Gasteiger charge is -2.28. The maximum absolute atomic E-state index is 6.41. The Morgan fingerprint density at radius 3 is 2.65 bits per heavy atom. The first-order chi connectivity index (χ1) is 18.1. The van der Waals surface area contributed by atoms with Crippen LogP contribution in [0.25, 0.3) is 16.8 Å². The van der Waals surface area contributed by atoms with Crippen LogP contribution in [0, 0.1) is 5.92 Å². The Morgan fingerprint density at radius 1 is 1.05 bits per heavy atom. The van der Waals surface area contributed by atoms with E-state index >= 15 is 0 Å². The van der Waals surface area contributed by atoms with Crippen molar-refractivity contribution in [1.82, 2.24) is 24.6 Å². The Hall–Kier alpha value is -3.42. The number of benzene rings is 2. The lowest BCUT2D eigenvalue weighted by Crippen LogP contribution is -2.31. The first-order valence-corrected chi connectivity index (χ1v) is 13.3. The molecule has 37 heavy (non-hydrogen) atoms. The molecule has 2 aromatic heterocycles. The molecule has 1 aliphatic rings. The largest absolute Gasteiger partial charge is 0.489 e. The van der Waals surface area contributed by atoms with Gasteiger partial charge in [-0.3, -0.25) is 4.40 Å². The quantitative estimate of drug-likeness (QED) is 0.300. The minimum Gasteiger partial charge on any atom is -0.489 e. The number of nitrogens with zero attached hydrogens (tertiary/aromatic N) is 4. The molecular weight excluding hydrogens is 460 g/mol. The monoisotopic (exact) mass is 498 g/mol. The van der Waals surface area contributed by atoms with Crippen LogP contribution in [0.4, 0.5) is 5.82 Å². The van der Waals surface area contributed by atoms with Gasteiger partial charge >= 0.3 is 0 Å². The second-order valence-corrected chi connectivity index (χ2v) is 10.4. The van der Waals surface area contributed by atoms with Crippen LogP contribution >= 0.6 is 0 Å². The van der Waals surface area contributed by atoms with Gasteiger partial charge in [0.05, 0.1) is 0 Å². The van der Waals surface area contributed by atoms with E-state index in [1.165, 1.54) is 12.8 Å². The van der Waals surface area contributed by atoms with E-state index in [4.69, 9.17) is 15.5 Å². The maximum Gasteiger partial charge on any atom is 0.150 e. The van der Waals surface area contributed by atoms with Crippen LogP contribution in [0.5, 0.6) is 5.75 Å². The van der Waals surface area contributed by atoms with Crippen molar-refractivity contribution < 1.29 is 4.74 Å². The van der Waals surface area contributed by atoms with Crippen LogP contribution in [0.1, 0.15) is 43.0 Å². The van der Waals surface area contributed by atoms with E-state index in [0.29, 0.717) is 18.3 Å². The molecule has 2 aromatic carbocycles. The molecule has 0 atom stereocenters. The maximum atomic E-state index is 6.41. The Morgan fingerprint density at radius 2 is 1.86 bits per heavy atom. The third kappa shape index (κ3) is 6.12. The van der Waals surface area contributed by atoms with Crippen LogP contribution in [0.3, 0.4) is 0 Å². The molecule has 0 unspecified atom stereocenters. The summed E-state index contributed by atoms with van der Waals surface area (Å²) < 4.78 is 8.26. The summed E-state index contributed by atoms with van der Waals surface area (Å²) in [6, 6.07) is 18.3. The summed E-state index contributed by atoms with van der Waals surface area (Å²) in [4.78, 5) is 11.8. The third-order valence-electron chi connectivity index (χ3n) is 7.35. The normalized spacial score (nSPS) is 17.9. The van der Waals surface area contributed by atoms with E-state index in [1.54, 1.807) is 6.20 Å². The summed E-state index contributed by atoms with van der Waals surface area (Å²) in [5, 5.41) is 3.63. The molecule has 4 aromatic rings. The zero-order chi connectivity index (χ0) is 25.6. The van der Waals surface area contributed by atoms with Gasteiger partial charge < -0.3 is 20.7 Å². The van der Waals surface area contributed by atoms with Gasteiger partial charge in [0.1, 0.15) is 35.2 Å². The molecule has 5 rings (SSSR count). The van der Waals surface area contributed by atoms with Gasteiger partial charge in [-0.05, 0) is 69.9 Å². The molecule has 1 fully saturated rings. The number of fused-ring (bicyclic) bond motifs is 1. The van der Waals surface area contributed by atoms with Crippen molar-refractivity contribution >= 4 is 11.3 Å². The van der Waals surface area contributed by atoms with Gasteiger partial charge in [0.25, 0.3) is 0 Å². The van der Waals surface area contributed by atoms with Crippen molar-refractivity contribution in [1.29, 1.82) is 0 Å². The smallest absolute Gasteiger partial charge is 0.150 e. The highest BCUT2D eigenvalue weighted by Gasteiger charge is 2.27. The molecule has 2 heterocycles. The van der Waals surface area contributed by atoms with Crippen LogP contribution in [0.2, 0.25) is 0 Å². The Kier molecular flexibility index (Phi) is 8.02. The summed E-state index contributed by atoms with van der Waals surface area (Å²) >= 11 is 0. The Bertz CT molecular complexity index is 1290. The Labute approximate surface area is 219 Å². The van der Waals surface area contributed by atoms with Crippen LogP contribution in [-0.4, -0.2) is 53.0 Å². The molecule has 0 saturated heterocycles. The van der Waals surface area contributed by atoms with E-state index in [9.17, 15) is 0 Å². The summed E-state index contributed by atoms with van der Waals surface area (Å²) in [7, 11) is 4.23. The average molecular weight is 499 g/mol. The SMILES string of the molecule is CN(C)CCNCC1CCC(c2nc(-c3cccc(OCc4ccccc4)c3)c3c(N)nccn23)CC1. The number of aromatic nitrogens is 3. The minimum atomic E-state index is 0.415. The van der Waals surface area contributed by atoms with E-state index in [2.05, 4.69) is 58.0 Å². The van der Waals surface area contributed by atoms with Crippen molar-refractivity contribution in [2.24, 2.45) is 5.92 Å². The molecule has 1 saturated carbocycles. The fourth-order valence-corrected chi connectivity index (χ4v) is 5.28. The van der Waals surface area contributed by atoms with Gasteiger partial charge in [-0.2, -0.15) is 0 Å².